The molecular weight excluding hydrogens is 300 g/mol. The lowest BCUT2D eigenvalue weighted by Crippen LogP contribution is -2.48. The van der Waals surface area contributed by atoms with Gasteiger partial charge in [-0.25, -0.2) is 0 Å². The van der Waals surface area contributed by atoms with Gasteiger partial charge in [0.1, 0.15) is 0 Å². The fourth-order valence-electron chi connectivity index (χ4n) is 3.92. The number of aliphatic hydroxyl groups excluding tert-OH is 1. The molecule has 2 fully saturated rings. The normalized spacial score (nSPS) is 27.4. The van der Waals surface area contributed by atoms with Gasteiger partial charge in [-0.3, -0.25) is 9.80 Å². The van der Waals surface area contributed by atoms with Crippen molar-refractivity contribution in [3.63, 3.8) is 0 Å². The minimum Gasteiger partial charge on any atom is -0.389 e. The van der Waals surface area contributed by atoms with Gasteiger partial charge in [-0.15, -0.1) is 0 Å². The van der Waals surface area contributed by atoms with Crippen molar-refractivity contribution in [3.8, 4) is 0 Å². The third kappa shape index (κ3) is 5.28. The number of benzene rings is 1. The fourth-order valence-corrected chi connectivity index (χ4v) is 3.92. The van der Waals surface area contributed by atoms with E-state index in [1.54, 1.807) is 0 Å². The Bertz CT molecular complexity index is 474. The van der Waals surface area contributed by atoms with Crippen LogP contribution in [0.4, 0.5) is 0 Å². The number of rotatable bonds is 7. The molecule has 0 bridgehead atoms. The van der Waals surface area contributed by atoms with Gasteiger partial charge in [-0.2, -0.15) is 0 Å². The molecule has 4 nitrogen and oxygen atoms in total. The number of hydrogen-bond donors (Lipinski definition) is 1. The van der Waals surface area contributed by atoms with Crippen LogP contribution in [0.15, 0.2) is 30.3 Å². The molecule has 0 radical (unpaired) electrons. The van der Waals surface area contributed by atoms with E-state index in [2.05, 4.69) is 47.1 Å². The Morgan fingerprint density at radius 2 is 1.79 bits per heavy atom. The molecular formula is C20H32N2O2. The van der Waals surface area contributed by atoms with Crippen molar-refractivity contribution in [1.29, 1.82) is 0 Å². The highest BCUT2D eigenvalue weighted by Crippen LogP contribution is 2.27. The molecule has 1 aromatic carbocycles. The lowest BCUT2D eigenvalue weighted by atomic mass is 10.1. The molecule has 1 saturated carbocycles. The van der Waals surface area contributed by atoms with E-state index in [9.17, 15) is 5.11 Å². The molecule has 1 N–H and O–H groups in total. The number of ether oxygens (including phenoxy) is 1. The Kier molecular flexibility index (Phi) is 6.67. The zero-order valence-corrected chi connectivity index (χ0v) is 14.9. The highest BCUT2D eigenvalue weighted by atomic mass is 16.5. The van der Waals surface area contributed by atoms with Crippen LogP contribution in [0.2, 0.25) is 0 Å². The highest BCUT2D eigenvalue weighted by molar-refractivity contribution is 5.14. The van der Waals surface area contributed by atoms with Crippen LogP contribution in [-0.4, -0.2) is 66.4 Å². The van der Waals surface area contributed by atoms with Crippen LogP contribution >= 0.6 is 0 Å². The van der Waals surface area contributed by atoms with Crippen molar-refractivity contribution in [3.05, 3.63) is 35.9 Å². The van der Waals surface area contributed by atoms with Crippen LogP contribution in [0.25, 0.3) is 0 Å². The Labute approximate surface area is 146 Å². The second-order valence-electron chi connectivity index (χ2n) is 7.50. The summed E-state index contributed by atoms with van der Waals surface area (Å²) >= 11 is 0. The number of β-amino-alcohol motifs (C(OH)–C–C–N with tert-alkyl or cyclic N) is 1. The van der Waals surface area contributed by atoms with E-state index in [1.807, 2.05) is 0 Å². The maximum atomic E-state index is 10.3. The summed E-state index contributed by atoms with van der Waals surface area (Å²) < 4.78 is 5.93. The first-order valence-electron chi connectivity index (χ1n) is 9.49. The minimum atomic E-state index is -0.363. The third-order valence-electron chi connectivity index (χ3n) is 5.47. The van der Waals surface area contributed by atoms with Gasteiger partial charge < -0.3 is 9.84 Å². The van der Waals surface area contributed by atoms with Gasteiger partial charge in [0.15, 0.2) is 0 Å². The summed E-state index contributed by atoms with van der Waals surface area (Å²) in [5, 5.41) is 10.3. The molecule has 134 valence electrons. The van der Waals surface area contributed by atoms with Gasteiger partial charge >= 0.3 is 0 Å². The highest BCUT2D eigenvalue weighted by Gasteiger charge is 2.25. The van der Waals surface area contributed by atoms with E-state index in [-0.39, 0.29) is 6.10 Å². The Hall–Kier alpha value is -0.940. The molecule has 0 unspecified atom stereocenters. The van der Waals surface area contributed by atoms with Crippen molar-refractivity contribution in [2.24, 2.45) is 5.92 Å². The van der Waals surface area contributed by atoms with Crippen LogP contribution in [0.3, 0.4) is 0 Å². The molecule has 4 heteroatoms. The van der Waals surface area contributed by atoms with Gasteiger partial charge in [0, 0.05) is 39.3 Å². The molecule has 1 heterocycles. The number of aliphatic hydroxyl groups is 1. The van der Waals surface area contributed by atoms with Crippen molar-refractivity contribution < 1.29 is 9.84 Å². The number of hydrogen-bond acceptors (Lipinski definition) is 4. The SMILES string of the molecule is C[C@@H]1CCC[C@H]1OC[C@@H](O)CN1CCN(Cc2ccccc2)CC1. The molecule has 1 aliphatic heterocycles. The summed E-state index contributed by atoms with van der Waals surface area (Å²) in [6, 6.07) is 10.7. The van der Waals surface area contributed by atoms with Gasteiger partial charge in [-0.1, -0.05) is 43.7 Å². The molecule has 0 aromatic heterocycles. The van der Waals surface area contributed by atoms with E-state index >= 15 is 0 Å². The average molecular weight is 332 g/mol. The molecule has 24 heavy (non-hydrogen) atoms. The van der Waals surface area contributed by atoms with Crippen LogP contribution in [0, 0.1) is 5.92 Å². The molecule has 2 aliphatic rings. The molecule has 1 saturated heterocycles. The monoisotopic (exact) mass is 332 g/mol. The Morgan fingerprint density at radius 3 is 2.46 bits per heavy atom. The van der Waals surface area contributed by atoms with E-state index < -0.39 is 0 Å². The summed E-state index contributed by atoms with van der Waals surface area (Å²) in [7, 11) is 0. The van der Waals surface area contributed by atoms with Crippen LogP contribution < -0.4 is 0 Å². The average Bonchev–Trinajstić information content (AvgIpc) is 3.01. The van der Waals surface area contributed by atoms with Crippen molar-refractivity contribution >= 4 is 0 Å². The topological polar surface area (TPSA) is 35.9 Å². The number of nitrogens with zero attached hydrogens (tertiary/aromatic N) is 2. The first-order valence-corrected chi connectivity index (χ1v) is 9.49. The summed E-state index contributed by atoms with van der Waals surface area (Å²) in [4.78, 5) is 4.86. The smallest absolute Gasteiger partial charge is 0.0900 e. The van der Waals surface area contributed by atoms with Crippen LogP contribution in [0.1, 0.15) is 31.7 Å². The van der Waals surface area contributed by atoms with Crippen LogP contribution in [-0.2, 0) is 11.3 Å². The van der Waals surface area contributed by atoms with Crippen molar-refractivity contribution in [1.82, 2.24) is 9.80 Å². The zero-order chi connectivity index (χ0) is 16.8. The van der Waals surface area contributed by atoms with Crippen molar-refractivity contribution in [2.75, 3.05) is 39.3 Å². The van der Waals surface area contributed by atoms with Gasteiger partial charge in [0.2, 0.25) is 0 Å². The molecule has 0 spiro atoms. The first kappa shape index (κ1) is 17.9. The van der Waals surface area contributed by atoms with Gasteiger partial charge in [-0.05, 0) is 24.3 Å². The summed E-state index contributed by atoms with van der Waals surface area (Å²) in [6.07, 6.45) is 3.70. The fraction of sp³-hybridized carbons (Fsp3) is 0.700. The maximum Gasteiger partial charge on any atom is 0.0900 e. The lowest BCUT2D eigenvalue weighted by Gasteiger charge is -2.35. The summed E-state index contributed by atoms with van der Waals surface area (Å²) in [5.74, 6) is 0.652. The predicted octanol–water partition coefficient (Wildman–Crippen LogP) is 2.37. The van der Waals surface area contributed by atoms with E-state index in [0.717, 1.165) is 45.7 Å². The van der Waals surface area contributed by atoms with Crippen LogP contribution in [0.5, 0.6) is 0 Å². The molecule has 3 rings (SSSR count). The minimum absolute atomic E-state index is 0.363. The zero-order valence-electron chi connectivity index (χ0n) is 14.9. The summed E-state index contributed by atoms with van der Waals surface area (Å²) in [5.41, 5.74) is 1.38. The number of piperazine rings is 1. The van der Waals surface area contributed by atoms with E-state index in [4.69, 9.17) is 4.74 Å². The predicted molar refractivity (Wildman–Crippen MR) is 96.9 cm³/mol. The molecule has 0 amide bonds. The first-order chi connectivity index (χ1) is 11.7. The quantitative estimate of drug-likeness (QED) is 0.832. The van der Waals surface area contributed by atoms with E-state index in [0.29, 0.717) is 18.6 Å². The van der Waals surface area contributed by atoms with Crippen molar-refractivity contribution in [2.45, 2.75) is 44.9 Å². The second kappa shape index (κ2) is 8.95. The Morgan fingerprint density at radius 1 is 1.08 bits per heavy atom. The van der Waals surface area contributed by atoms with Gasteiger partial charge in [0.25, 0.3) is 0 Å². The summed E-state index contributed by atoms with van der Waals surface area (Å²) in [6.45, 7) is 8.72. The molecule has 1 aromatic rings. The molecule has 3 atom stereocenters. The molecule has 1 aliphatic carbocycles. The van der Waals surface area contributed by atoms with Gasteiger partial charge in [0.05, 0.1) is 18.8 Å². The third-order valence-corrected chi connectivity index (χ3v) is 5.47. The lowest BCUT2D eigenvalue weighted by molar-refractivity contribution is -0.0358. The maximum absolute atomic E-state index is 10.3. The standard InChI is InChI=1S/C20H32N2O2/c1-17-6-5-9-20(17)24-16-19(23)15-22-12-10-21(11-13-22)14-18-7-3-2-4-8-18/h2-4,7-8,17,19-20,23H,5-6,9-16H2,1H3/t17-,19+,20-/m1/s1. The largest absolute Gasteiger partial charge is 0.389 e. The Balaban J connectivity index is 1.33. The van der Waals surface area contributed by atoms with E-state index in [1.165, 1.54) is 18.4 Å². The second-order valence-corrected chi connectivity index (χ2v) is 7.50.